The second-order valence-corrected chi connectivity index (χ2v) is 3.98. The molecule has 2 rings (SSSR count). The maximum Gasteiger partial charge on any atom is 0.410 e. The van der Waals surface area contributed by atoms with Gasteiger partial charge in [-0.05, 0) is 13.5 Å². The van der Waals surface area contributed by atoms with Gasteiger partial charge < -0.3 is 9.64 Å². The number of carbonyl (C=O) groups is 1. The van der Waals surface area contributed by atoms with Crippen molar-refractivity contribution in [1.29, 1.82) is 0 Å². The fourth-order valence-electron chi connectivity index (χ4n) is 2.21. The smallest absolute Gasteiger partial charge is 0.410 e. The monoisotopic (exact) mass is 196 g/mol. The summed E-state index contributed by atoms with van der Waals surface area (Å²) in [5.41, 5.74) is 0. The van der Waals surface area contributed by atoms with Crippen molar-refractivity contribution in [2.24, 2.45) is 0 Å². The van der Waals surface area contributed by atoms with Crippen molar-refractivity contribution in [2.75, 3.05) is 26.7 Å². The number of fused-ring (bicyclic) bond motifs is 1. The molecule has 0 spiro atoms. The van der Waals surface area contributed by atoms with E-state index in [0.717, 1.165) is 19.5 Å². The third-order valence-corrected chi connectivity index (χ3v) is 2.94. The first-order valence-corrected chi connectivity index (χ1v) is 4.99. The lowest BCUT2D eigenvalue weighted by Gasteiger charge is -2.32. The molecule has 2 aliphatic heterocycles. The summed E-state index contributed by atoms with van der Waals surface area (Å²) < 4.78 is 5.30. The molecule has 0 bridgehead atoms. The Morgan fingerprint density at radius 1 is 1.71 bits per heavy atom. The van der Waals surface area contributed by atoms with Crippen molar-refractivity contribution in [3.63, 3.8) is 0 Å². The number of piperidine rings is 1. The highest BCUT2D eigenvalue weighted by Crippen LogP contribution is 2.26. The Morgan fingerprint density at radius 3 is 3.21 bits per heavy atom. The largest absolute Gasteiger partial charge is 0.443 e. The topological polar surface area (TPSA) is 32.8 Å². The van der Waals surface area contributed by atoms with Gasteiger partial charge in [-0.1, -0.05) is 6.08 Å². The molecule has 0 aromatic carbocycles. The molecule has 0 unspecified atom stereocenters. The number of likely N-dealkylation sites (tertiary alicyclic amines) is 1. The molecule has 2 fully saturated rings. The van der Waals surface area contributed by atoms with Gasteiger partial charge in [-0.25, -0.2) is 4.79 Å². The first-order chi connectivity index (χ1) is 6.72. The number of hydrogen-bond donors (Lipinski definition) is 0. The Kier molecular flexibility index (Phi) is 2.46. The average Bonchev–Trinajstić information content (AvgIpc) is 2.43. The van der Waals surface area contributed by atoms with Crippen molar-refractivity contribution in [2.45, 2.75) is 18.6 Å². The molecule has 2 atom stereocenters. The lowest BCUT2D eigenvalue weighted by atomic mass is 10.0. The standard InChI is InChI=1S/C10H16N2O2/c1-3-5-12-8-4-6-11(2)7-9(8)14-10(12)13/h3,8-9H,1,4-7H2,2H3/t8-,9-/m0/s1. The van der Waals surface area contributed by atoms with Crippen LogP contribution < -0.4 is 0 Å². The summed E-state index contributed by atoms with van der Waals surface area (Å²) in [7, 11) is 2.06. The molecule has 2 heterocycles. The minimum Gasteiger partial charge on any atom is -0.443 e. The molecule has 0 aromatic heterocycles. The molecule has 78 valence electrons. The minimum absolute atomic E-state index is 0.0567. The number of amides is 1. The second-order valence-electron chi connectivity index (χ2n) is 3.98. The maximum absolute atomic E-state index is 11.5. The Labute approximate surface area is 84.1 Å². The minimum atomic E-state index is -0.185. The highest BCUT2D eigenvalue weighted by atomic mass is 16.6. The van der Waals surface area contributed by atoms with Crippen molar-refractivity contribution in [3.05, 3.63) is 12.7 Å². The normalized spacial score (nSPS) is 32.6. The Bertz CT molecular complexity index is 255. The molecular formula is C10H16N2O2. The van der Waals surface area contributed by atoms with E-state index in [1.54, 1.807) is 11.0 Å². The summed E-state index contributed by atoms with van der Waals surface area (Å²) in [6.45, 7) is 6.14. The number of rotatable bonds is 2. The highest BCUT2D eigenvalue weighted by molar-refractivity contribution is 5.71. The number of likely N-dealkylation sites (N-methyl/N-ethyl adjacent to an activating group) is 1. The Hall–Kier alpha value is -1.03. The zero-order valence-electron chi connectivity index (χ0n) is 8.48. The van der Waals surface area contributed by atoms with Gasteiger partial charge in [0.25, 0.3) is 0 Å². The number of carbonyl (C=O) groups excluding carboxylic acids is 1. The summed E-state index contributed by atoms with van der Waals surface area (Å²) in [6, 6.07) is 0.261. The Morgan fingerprint density at radius 2 is 2.50 bits per heavy atom. The van der Waals surface area contributed by atoms with Gasteiger partial charge in [0.05, 0.1) is 6.04 Å². The van der Waals surface area contributed by atoms with Gasteiger partial charge >= 0.3 is 6.09 Å². The van der Waals surface area contributed by atoms with Crippen LogP contribution in [0.3, 0.4) is 0 Å². The quantitative estimate of drug-likeness (QED) is 0.609. The fraction of sp³-hybridized carbons (Fsp3) is 0.700. The number of hydrogen-bond acceptors (Lipinski definition) is 3. The molecule has 2 aliphatic rings. The molecule has 0 aromatic rings. The van der Waals surface area contributed by atoms with Crippen LogP contribution in [0.25, 0.3) is 0 Å². The summed E-state index contributed by atoms with van der Waals surface area (Å²) in [4.78, 5) is 15.5. The summed E-state index contributed by atoms with van der Waals surface area (Å²) in [5, 5.41) is 0. The van der Waals surface area contributed by atoms with Crippen molar-refractivity contribution in [1.82, 2.24) is 9.80 Å². The van der Waals surface area contributed by atoms with Gasteiger partial charge in [-0.2, -0.15) is 0 Å². The first-order valence-electron chi connectivity index (χ1n) is 4.99. The van der Waals surface area contributed by atoms with E-state index in [-0.39, 0.29) is 18.2 Å². The van der Waals surface area contributed by atoms with Gasteiger partial charge in [-0.3, -0.25) is 4.90 Å². The van der Waals surface area contributed by atoms with E-state index in [0.29, 0.717) is 6.54 Å². The van der Waals surface area contributed by atoms with E-state index in [2.05, 4.69) is 18.5 Å². The van der Waals surface area contributed by atoms with Crippen LogP contribution in [0.4, 0.5) is 4.79 Å². The van der Waals surface area contributed by atoms with E-state index >= 15 is 0 Å². The SMILES string of the molecule is C=CCN1C(=O)O[C@H]2CN(C)CC[C@@H]21. The molecule has 2 saturated heterocycles. The van der Waals surface area contributed by atoms with E-state index in [1.807, 2.05) is 0 Å². The first kappa shape index (κ1) is 9.52. The highest BCUT2D eigenvalue weighted by Gasteiger charge is 2.43. The van der Waals surface area contributed by atoms with Gasteiger partial charge in [-0.15, -0.1) is 6.58 Å². The Balaban J connectivity index is 2.07. The number of nitrogens with zero attached hydrogens (tertiary/aromatic N) is 2. The van der Waals surface area contributed by atoms with E-state index < -0.39 is 0 Å². The average molecular weight is 196 g/mol. The molecule has 0 saturated carbocycles. The maximum atomic E-state index is 11.5. The molecular weight excluding hydrogens is 180 g/mol. The zero-order chi connectivity index (χ0) is 10.1. The lowest BCUT2D eigenvalue weighted by Crippen LogP contribution is -2.47. The number of ether oxygens (including phenoxy) is 1. The van der Waals surface area contributed by atoms with Crippen molar-refractivity contribution in [3.8, 4) is 0 Å². The van der Waals surface area contributed by atoms with Gasteiger partial charge in [0.2, 0.25) is 0 Å². The summed E-state index contributed by atoms with van der Waals surface area (Å²) in [5.74, 6) is 0. The van der Waals surface area contributed by atoms with Crippen LogP contribution in [0, 0.1) is 0 Å². The van der Waals surface area contributed by atoms with Crippen LogP contribution in [0.1, 0.15) is 6.42 Å². The molecule has 0 radical (unpaired) electrons. The van der Waals surface area contributed by atoms with Crippen LogP contribution in [0.5, 0.6) is 0 Å². The molecule has 14 heavy (non-hydrogen) atoms. The third-order valence-electron chi connectivity index (χ3n) is 2.94. The predicted molar refractivity (Wildman–Crippen MR) is 53.1 cm³/mol. The molecule has 0 aliphatic carbocycles. The van der Waals surface area contributed by atoms with E-state index in [1.165, 1.54) is 0 Å². The van der Waals surface area contributed by atoms with Crippen LogP contribution in [-0.2, 0) is 4.74 Å². The van der Waals surface area contributed by atoms with Crippen LogP contribution >= 0.6 is 0 Å². The second kappa shape index (κ2) is 3.61. The summed E-state index contributed by atoms with van der Waals surface area (Å²) in [6.07, 6.45) is 2.62. The molecule has 1 amide bonds. The van der Waals surface area contributed by atoms with Gasteiger partial charge in [0.15, 0.2) is 0 Å². The van der Waals surface area contributed by atoms with E-state index in [9.17, 15) is 4.79 Å². The fourth-order valence-corrected chi connectivity index (χ4v) is 2.21. The van der Waals surface area contributed by atoms with Crippen molar-refractivity contribution < 1.29 is 9.53 Å². The third kappa shape index (κ3) is 1.50. The molecule has 4 heteroatoms. The molecule has 0 N–H and O–H groups in total. The van der Waals surface area contributed by atoms with Gasteiger partial charge in [0.1, 0.15) is 6.10 Å². The van der Waals surface area contributed by atoms with Crippen LogP contribution in [-0.4, -0.2) is 54.7 Å². The lowest BCUT2D eigenvalue weighted by molar-refractivity contribution is 0.0789. The van der Waals surface area contributed by atoms with Gasteiger partial charge in [0, 0.05) is 19.6 Å². The van der Waals surface area contributed by atoms with Crippen LogP contribution in [0.2, 0.25) is 0 Å². The van der Waals surface area contributed by atoms with E-state index in [4.69, 9.17) is 4.74 Å². The van der Waals surface area contributed by atoms with Crippen molar-refractivity contribution >= 4 is 6.09 Å². The summed E-state index contributed by atoms with van der Waals surface area (Å²) >= 11 is 0. The predicted octanol–water partition coefficient (Wildman–Crippen LogP) is 0.697. The molecule has 4 nitrogen and oxygen atoms in total. The van der Waals surface area contributed by atoms with Crippen LogP contribution in [0.15, 0.2) is 12.7 Å². The zero-order valence-corrected chi connectivity index (χ0v) is 8.48.